The van der Waals surface area contributed by atoms with Gasteiger partial charge in [0.15, 0.2) is 5.78 Å². The van der Waals surface area contributed by atoms with Crippen LogP contribution in [0.3, 0.4) is 0 Å². The molecule has 0 fully saturated rings. The number of benzene rings is 2. The van der Waals surface area contributed by atoms with Gasteiger partial charge in [-0.15, -0.1) is 0 Å². The molecule has 0 unspecified atom stereocenters. The predicted octanol–water partition coefficient (Wildman–Crippen LogP) is 5.32. The molecule has 124 valence electrons. The van der Waals surface area contributed by atoms with Crippen LogP contribution in [0.25, 0.3) is 0 Å². The molecule has 0 N–H and O–H groups in total. The summed E-state index contributed by atoms with van der Waals surface area (Å²) in [4.78, 5) is 16.0. The number of carbonyl (C=O) groups is 1. The van der Waals surface area contributed by atoms with Crippen molar-refractivity contribution in [1.29, 1.82) is 0 Å². The molecular formula is C19H17Br2NO2. The molecule has 5 heteroatoms. The van der Waals surface area contributed by atoms with Gasteiger partial charge in [-0.1, -0.05) is 49.1 Å². The molecule has 4 rings (SSSR count). The standard InChI is InChI=1S/C10H10BrNO.C9H7BrO/c1-13-12-10-5-2-7-6-8(11)3-4-9(7)10;10-7-2-3-8-6(5-7)1-4-9(8)11/h3-4,6H,2,5H2,1H3;2-3,5H,1,4H2. The lowest BCUT2D eigenvalue weighted by atomic mass is 10.1. The van der Waals surface area contributed by atoms with Crippen molar-refractivity contribution in [2.24, 2.45) is 5.16 Å². The van der Waals surface area contributed by atoms with Gasteiger partial charge in [-0.3, -0.25) is 4.79 Å². The highest BCUT2D eigenvalue weighted by atomic mass is 79.9. The Hall–Kier alpha value is -1.46. The van der Waals surface area contributed by atoms with Crippen LogP contribution in [0.4, 0.5) is 0 Å². The molecule has 2 aliphatic carbocycles. The van der Waals surface area contributed by atoms with E-state index in [1.54, 1.807) is 7.11 Å². The highest BCUT2D eigenvalue weighted by molar-refractivity contribution is 9.10. The Bertz CT molecular complexity index is 815. The van der Waals surface area contributed by atoms with Crippen LogP contribution in [0.2, 0.25) is 0 Å². The summed E-state index contributed by atoms with van der Waals surface area (Å²) in [6.45, 7) is 0. The van der Waals surface area contributed by atoms with Crippen LogP contribution in [0, 0.1) is 0 Å². The minimum atomic E-state index is 0.285. The Morgan fingerprint density at radius 3 is 2.12 bits per heavy atom. The lowest BCUT2D eigenvalue weighted by Crippen LogP contribution is -1.94. The maximum absolute atomic E-state index is 11.2. The third-order valence-corrected chi connectivity index (χ3v) is 5.19. The SMILES string of the molecule is CON=C1CCc2cc(Br)ccc21.O=C1CCc2cc(Br)ccc21. The summed E-state index contributed by atoms with van der Waals surface area (Å²) in [6, 6.07) is 12.1. The number of rotatable bonds is 1. The zero-order valence-electron chi connectivity index (χ0n) is 13.3. The summed E-state index contributed by atoms with van der Waals surface area (Å²) in [6.07, 6.45) is 3.65. The van der Waals surface area contributed by atoms with Crippen LogP contribution in [0.15, 0.2) is 50.5 Å². The first-order valence-corrected chi connectivity index (χ1v) is 9.37. The Morgan fingerprint density at radius 2 is 1.46 bits per heavy atom. The second kappa shape index (κ2) is 7.62. The number of nitrogens with zero attached hydrogens (tertiary/aromatic N) is 1. The van der Waals surface area contributed by atoms with Crippen molar-refractivity contribution in [3.05, 3.63) is 67.6 Å². The van der Waals surface area contributed by atoms with Crippen LogP contribution in [-0.4, -0.2) is 18.6 Å². The van der Waals surface area contributed by atoms with Gasteiger partial charge in [-0.05, 0) is 54.7 Å². The van der Waals surface area contributed by atoms with Gasteiger partial charge < -0.3 is 4.84 Å². The number of oxime groups is 1. The average molecular weight is 451 g/mol. The van der Waals surface area contributed by atoms with Crippen LogP contribution in [0.5, 0.6) is 0 Å². The Kier molecular flexibility index (Phi) is 5.51. The highest BCUT2D eigenvalue weighted by Gasteiger charge is 2.19. The molecule has 2 aromatic rings. The van der Waals surface area contributed by atoms with Crippen molar-refractivity contribution in [3.63, 3.8) is 0 Å². The maximum atomic E-state index is 11.2. The molecule has 0 saturated heterocycles. The minimum absolute atomic E-state index is 0.285. The summed E-state index contributed by atoms with van der Waals surface area (Å²) in [5, 5.41) is 4.00. The Morgan fingerprint density at radius 1 is 0.875 bits per heavy atom. The topological polar surface area (TPSA) is 38.7 Å². The van der Waals surface area contributed by atoms with Crippen molar-refractivity contribution in [3.8, 4) is 0 Å². The largest absolute Gasteiger partial charge is 0.399 e. The average Bonchev–Trinajstić information content (AvgIpc) is 3.12. The summed E-state index contributed by atoms with van der Waals surface area (Å²) >= 11 is 6.83. The van der Waals surface area contributed by atoms with E-state index in [4.69, 9.17) is 4.84 Å². The van der Waals surface area contributed by atoms with Gasteiger partial charge >= 0.3 is 0 Å². The molecule has 0 aromatic heterocycles. The third-order valence-electron chi connectivity index (χ3n) is 4.20. The lowest BCUT2D eigenvalue weighted by molar-refractivity contribution is 0.0994. The van der Waals surface area contributed by atoms with Gasteiger partial charge in [0.1, 0.15) is 7.11 Å². The summed E-state index contributed by atoms with van der Waals surface area (Å²) in [5.41, 5.74) is 5.73. The second-order valence-electron chi connectivity index (χ2n) is 5.75. The van der Waals surface area contributed by atoms with E-state index in [-0.39, 0.29) is 5.78 Å². The fourth-order valence-electron chi connectivity index (χ4n) is 3.07. The monoisotopic (exact) mass is 449 g/mol. The molecule has 0 saturated carbocycles. The first-order valence-electron chi connectivity index (χ1n) is 7.79. The molecule has 0 heterocycles. The number of carbonyl (C=O) groups excluding carboxylic acids is 1. The van der Waals surface area contributed by atoms with E-state index in [0.29, 0.717) is 6.42 Å². The van der Waals surface area contributed by atoms with Gasteiger partial charge in [-0.2, -0.15) is 0 Å². The quantitative estimate of drug-likeness (QED) is 0.551. The normalized spacial score (nSPS) is 16.5. The molecule has 24 heavy (non-hydrogen) atoms. The lowest BCUT2D eigenvalue weighted by Gasteiger charge is -1.99. The summed E-state index contributed by atoms with van der Waals surface area (Å²) in [7, 11) is 1.59. The first-order chi connectivity index (χ1) is 11.6. The zero-order valence-corrected chi connectivity index (χ0v) is 16.5. The molecule has 3 nitrogen and oxygen atoms in total. The van der Waals surface area contributed by atoms with E-state index >= 15 is 0 Å². The molecule has 0 atom stereocenters. The molecule has 2 aromatic carbocycles. The van der Waals surface area contributed by atoms with E-state index in [0.717, 1.165) is 39.5 Å². The van der Waals surface area contributed by atoms with E-state index in [9.17, 15) is 4.79 Å². The van der Waals surface area contributed by atoms with Gasteiger partial charge in [-0.25, -0.2) is 0 Å². The number of hydrogen-bond donors (Lipinski definition) is 0. The molecule has 2 aliphatic rings. The fourth-order valence-corrected chi connectivity index (χ4v) is 3.88. The van der Waals surface area contributed by atoms with Gasteiger partial charge in [0.25, 0.3) is 0 Å². The molecule has 0 radical (unpaired) electrons. The Labute approximate surface area is 158 Å². The van der Waals surface area contributed by atoms with Crippen LogP contribution in [-0.2, 0) is 17.7 Å². The fraction of sp³-hybridized carbons (Fsp3) is 0.263. The van der Waals surface area contributed by atoms with Crippen LogP contribution < -0.4 is 0 Å². The van der Waals surface area contributed by atoms with Crippen LogP contribution in [0.1, 0.15) is 39.9 Å². The predicted molar refractivity (Wildman–Crippen MR) is 103 cm³/mol. The summed E-state index contributed by atoms with van der Waals surface area (Å²) in [5.74, 6) is 0.285. The van der Waals surface area contributed by atoms with E-state index in [1.807, 2.05) is 24.3 Å². The van der Waals surface area contributed by atoms with Crippen molar-refractivity contribution in [2.45, 2.75) is 25.7 Å². The highest BCUT2D eigenvalue weighted by Crippen LogP contribution is 2.26. The number of ketones is 1. The van der Waals surface area contributed by atoms with Crippen molar-refractivity contribution in [1.82, 2.24) is 0 Å². The first kappa shape index (κ1) is 17.4. The molecular weight excluding hydrogens is 434 g/mol. The van der Waals surface area contributed by atoms with Crippen molar-refractivity contribution >= 4 is 43.4 Å². The summed E-state index contributed by atoms with van der Waals surface area (Å²) < 4.78 is 2.19. The van der Waals surface area contributed by atoms with Crippen LogP contribution >= 0.6 is 31.9 Å². The number of Topliss-reactive ketones (excluding diaryl/α,β-unsaturated/α-hetero) is 1. The molecule has 0 amide bonds. The zero-order chi connectivity index (χ0) is 17.1. The smallest absolute Gasteiger partial charge is 0.163 e. The number of fused-ring (bicyclic) bond motifs is 2. The second-order valence-corrected chi connectivity index (χ2v) is 7.58. The molecule has 0 aliphatic heterocycles. The molecule has 0 bridgehead atoms. The Balaban J connectivity index is 0.000000143. The van der Waals surface area contributed by atoms with Gasteiger partial charge in [0, 0.05) is 26.5 Å². The van der Waals surface area contributed by atoms with Crippen molar-refractivity contribution < 1.29 is 9.63 Å². The van der Waals surface area contributed by atoms with Gasteiger partial charge in [0.05, 0.1) is 5.71 Å². The van der Waals surface area contributed by atoms with Crippen molar-refractivity contribution in [2.75, 3.05) is 7.11 Å². The number of halogens is 2. The number of hydrogen-bond acceptors (Lipinski definition) is 3. The molecule has 0 spiro atoms. The maximum Gasteiger partial charge on any atom is 0.163 e. The number of aryl methyl sites for hydroxylation is 2. The van der Waals surface area contributed by atoms with E-state index in [1.165, 1.54) is 16.7 Å². The minimum Gasteiger partial charge on any atom is -0.399 e. The third kappa shape index (κ3) is 3.78. The van der Waals surface area contributed by atoms with Gasteiger partial charge in [0.2, 0.25) is 0 Å². The van der Waals surface area contributed by atoms with E-state index in [2.05, 4.69) is 49.1 Å². The van der Waals surface area contributed by atoms with E-state index < -0.39 is 0 Å².